The minimum atomic E-state index is 0.272. The van der Waals surface area contributed by atoms with Crippen LogP contribution in [0.15, 0.2) is 42.5 Å². The van der Waals surface area contributed by atoms with Gasteiger partial charge in [0.1, 0.15) is 0 Å². The number of nitrogens with one attached hydrogen (secondary N) is 2. The number of thiocarbonyl (C=S) groups is 1. The highest BCUT2D eigenvalue weighted by molar-refractivity contribution is 7.80. The maximum atomic E-state index is 5.48. The van der Waals surface area contributed by atoms with E-state index in [1.165, 1.54) is 17.5 Å². The summed E-state index contributed by atoms with van der Waals surface area (Å²) >= 11 is 5.48. The first-order chi connectivity index (χ1) is 11.3. The predicted octanol–water partition coefficient (Wildman–Crippen LogP) is 3.78. The Balaban J connectivity index is 1.45. The van der Waals surface area contributed by atoms with Gasteiger partial charge in [-0.05, 0) is 54.7 Å². The fourth-order valence-corrected chi connectivity index (χ4v) is 3.46. The second-order valence-corrected chi connectivity index (χ2v) is 6.22. The number of ether oxygens (including phenoxy) is 2. The first kappa shape index (κ1) is 14.3. The summed E-state index contributed by atoms with van der Waals surface area (Å²) in [6.07, 6.45) is 3.43. The number of rotatable bonds is 2. The average Bonchev–Trinajstić information content (AvgIpc) is 3.03. The first-order valence-electron chi connectivity index (χ1n) is 7.84. The van der Waals surface area contributed by atoms with Crippen molar-refractivity contribution in [1.82, 2.24) is 5.32 Å². The third-order valence-electron chi connectivity index (χ3n) is 4.31. The summed E-state index contributed by atoms with van der Waals surface area (Å²) in [5.41, 5.74) is 3.67. The highest BCUT2D eigenvalue weighted by Crippen LogP contribution is 2.34. The van der Waals surface area contributed by atoms with Crippen molar-refractivity contribution < 1.29 is 9.47 Å². The molecule has 5 heteroatoms. The van der Waals surface area contributed by atoms with Gasteiger partial charge < -0.3 is 20.1 Å². The third kappa shape index (κ3) is 2.97. The summed E-state index contributed by atoms with van der Waals surface area (Å²) < 4.78 is 10.7. The van der Waals surface area contributed by atoms with Crippen LogP contribution in [0.5, 0.6) is 11.5 Å². The molecule has 0 saturated heterocycles. The molecule has 118 valence electrons. The molecule has 2 N–H and O–H groups in total. The van der Waals surface area contributed by atoms with E-state index in [1.54, 1.807) is 0 Å². The van der Waals surface area contributed by atoms with E-state index in [4.69, 9.17) is 21.7 Å². The van der Waals surface area contributed by atoms with Crippen molar-refractivity contribution in [2.75, 3.05) is 12.1 Å². The number of aryl methyl sites for hydroxylation is 1. The lowest BCUT2D eigenvalue weighted by atomic mass is 9.88. The van der Waals surface area contributed by atoms with Crippen LogP contribution in [-0.2, 0) is 6.42 Å². The SMILES string of the molecule is S=C(Nc1ccc2c(c1)OCO2)N[C@H]1CCCc2ccccc21. The summed E-state index contributed by atoms with van der Waals surface area (Å²) in [5, 5.41) is 7.30. The van der Waals surface area contributed by atoms with Gasteiger partial charge in [-0.25, -0.2) is 0 Å². The largest absolute Gasteiger partial charge is 0.454 e. The zero-order chi connectivity index (χ0) is 15.6. The van der Waals surface area contributed by atoms with Gasteiger partial charge in [0.15, 0.2) is 16.6 Å². The van der Waals surface area contributed by atoms with Crippen molar-refractivity contribution in [2.24, 2.45) is 0 Å². The lowest BCUT2D eigenvalue weighted by molar-refractivity contribution is 0.174. The number of hydrogen-bond donors (Lipinski definition) is 2. The van der Waals surface area contributed by atoms with Gasteiger partial charge in [-0.1, -0.05) is 24.3 Å². The fourth-order valence-electron chi connectivity index (χ4n) is 3.20. The highest BCUT2D eigenvalue weighted by Gasteiger charge is 2.20. The molecule has 0 unspecified atom stereocenters. The standard InChI is InChI=1S/C18H18N2O2S/c23-18(19-13-8-9-16-17(10-13)22-11-21-16)20-15-7-3-5-12-4-1-2-6-14(12)15/h1-2,4,6,8-10,15H,3,5,7,11H2,(H2,19,20,23)/t15-/m0/s1. The van der Waals surface area contributed by atoms with Crippen LogP contribution in [0.1, 0.15) is 30.0 Å². The van der Waals surface area contributed by atoms with Gasteiger partial charge >= 0.3 is 0 Å². The molecule has 0 bridgehead atoms. The molecule has 0 saturated carbocycles. The molecule has 1 aliphatic carbocycles. The minimum absolute atomic E-state index is 0.272. The molecule has 1 aliphatic heterocycles. The van der Waals surface area contributed by atoms with Gasteiger partial charge in [-0.3, -0.25) is 0 Å². The highest BCUT2D eigenvalue weighted by atomic mass is 32.1. The lowest BCUT2D eigenvalue weighted by Crippen LogP contribution is -2.34. The zero-order valence-corrected chi connectivity index (χ0v) is 13.5. The van der Waals surface area contributed by atoms with Crippen molar-refractivity contribution in [3.05, 3.63) is 53.6 Å². The van der Waals surface area contributed by atoms with Gasteiger partial charge in [0.25, 0.3) is 0 Å². The molecule has 2 aromatic rings. The molecule has 0 radical (unpaired) electrons. The molecule has 0 aromatic heterocycles. The topological polar surface area (TPSA) is 42.5 Å². The van der Waals surface area contributed by atoms with Gasteiger partial charge in [0.2, 0.25) is 6.79 Å². The Labute approximate surface area is 140 Å². The molecule has 4 rings (SSSR count). The van der Waals surface area contributed by atoms with Crippen molar-refractivity contribution >= 4 is 23.0 Å². The summed E-state index contributed by atoms with van der Waals surface area (Å²) in [7, 11) is 0. The van der Waals surface area contributed by atoms with Crippen LogP contribution in [0.25, 0.3) is 0 Å². The minimum Gasteiger partial charge on any atom is -0.454 e. The quantitative estimate of drug-likeness (QED) is 0.822. The first-order valence-corrected chi connectivity index (χ1v) is 8.25. The van der Waals surface area contributed by atoms with Crippen LogP contribution >= 0.6 is 12.2 Å². The molecular weight excluding hydrogens is 308 g/mol. The summed E-state index contributed by atoms with van der Waals surface area (Å²) in [6, 6.07) is 14.6. The van der Waals surface area contributed by atoms with Crippen molar-refractivity contribution in [3.8, 4) is 11.5 Å². The molecule has 0 fully saturated rings. The van der Waals surface area contributed by atoms with Gasteiger partial charge in [0.05, 0.1) is 6.04 Å². The van der Waals surface area contributed by atoms with E-state index in [9.17, 15) is 0 Å². The molecule has 4 nitrogen and oxygen atoms in total. The number of benzene rings is 2. The molecular formula is C18H18N2O2S. The fraction of sp³-hybridized carbons (Fsp3) is 0.278. The van der Waals surface area contributed by atoms with Crippen LogP contribution in [-0.4, -0.2) is 11.9 Å². The van der Waals surface area contributed by atoms with Crippen molar-refractivity contribution in [1.29, 1.82) is 0 Å². The van der Waals surface area contributed by atoms with E-state index in [-0.39, 0.29) is 12.8 Å². The lowest BCUT2D eigenvalue weighted by Gasteiger charge is -2.27. The predicted molar refractivity (Wildman–Crippen MR) is 94.0 cm³/mol. The molecule has 2 aliphatic rings. The summed E-state index contributed by atoms with van der Waals surface area (Å²) in [5.74, 6) is 1.52. The Bertz CT molecular complexity index is 748. The van der Waals surface area contributed by atoms with E-state index in [0.717, 1.165) is 30.0 Å². The second-order valence-electron chi connectivity index (χ2n) is 5.81. The van der Waals surface area contributed by atoms with Crippen molar-refractivity contribution in [3.63, 3.8) is 0 Å². The maximum Gasteiger partial charge on any atom is 0.231 e. The molecule has 1 heterocycles. The number of fused-ring (bicyclic) bond motifs is 2. The molecule has 2 aromatic carbocycles. The van der Waals surface area contributed by atoms with Crippen LogP contribution < -0.4 is 20.1 Å². The number of anilines is 1. The Kier molecular flexibility index (Phi) is 3.79. The summed E-state index contributed by atoms with van der Waals surface area (Å²) in [4.78, 5) is 0. The smallest absolute Gasteiger partial charge is 0.231 e. The van der Waals surface area contributed by atoms with E-state index in [1.807, 2.05) is 18.2 Å². The molecule has 0 amide bonds. The Morgan fingerprint density at radius 3 is 2.91 bits per heavy atom. The Hall–Kier alpha value is -2.27. The van der Waals surface area contributed by atoms with E-state index >= 15 is 0 Å². The van der Waals surface area contributed by atoms with Gasteiger partial charge in [0, 0.05) is 11.8 Å². The summed E-state index contributed by atoms with van der Waals surface area (Å²) in [6.45, 7) is 0.278. The molecule has 1 atom stereocenters. The molecule has 23 heavy (non-hydrogen) atoms. The number of hydrogen-bond acceptors (Lipinski definition) is 3. The Morgan fingerprint density at radius 2 is 1.96 bits per heavy atom. The van der Waals surface area contributed by atoms with Gasteiger partial charge in [-0.15, -0.1) is 0 Å². The second kappa shape index (κ2) is 6.08. The molecule has 0 spiro atoms. The van der Waals surface area contributed by atoms with Crippen molar-refractivity contribution in [2.45, 2.75) is 25.3 Å². The van der Waals surface area contributed by atoms with E-state index < -0.39 is 0 Å². The van der Waals surface area contributed by atoms with E-state index in [0.29, 0.717) is 5.11 Å². The normalized spacial score (nSPS) is 18.2. The van der Waals surface area contributed by atoms with Crippen LogP contribution in [0.2, 0.25) is 0 Å². The maximum absolute atomic E-state index is 5.48. The third-order valence-corrected chi connectivity index (χ3v) is 4.53. The monoisotopic (exact) mass is 326 g/mol. The van der Waals surface area contributed by atoms with Crippen LogP contribution in [0, 0.1) is 0 Å². The van der Waals surface area contributed by atoms with Crippen LogP contribution in [0.3, 0.4) is 0 Å². The Morgan fingerprint density at radius 1 is 1.09 bits per heavy atom. The zero-order valence-electron chi connectivity index (χ0n) is 12.7. The average molecular weight is 326 g/mol. The van der Waals surface area contributed by atoms with Gasteiger partial charge in [-0.2, -0.15) is 0 Å². The van der Waals surface area contributed by atoms with Crippen LogP contribution in [0.4, 0.5) is 5.69 Å². The van der Waals surface area contributed by atoms with E-state index in [2.05, 4.69) is 34.9 Å².